The molecule has 6 nitrogen and oxygen atoms in total. The Morgan fingerprint density at radius 2 is 2.14 bits per heavy atom. The Balaban J connectivity index is 2.56. The SMILES string of the molecule is N=C(N)N(CC(=O)O)C1CCNCC1. The van der Waals surface area contributed by atoms with Gasteiger partial charge in [0.05, 0.1) is 0 Å². The molecule has 1 aliphatic rings. The van der Waals surface area contributed by atoms with Crippen molar-refractivity contribution in [1.82, 2.24) is 10.2 Å². The maximum absolute atomic E-state index is 10.5. The summed E-state index contributed by atoms with van der Waals surface area (Å²) in [6, 6.07) is 0.0878. The van der Waals surface area contributed by atoms with Gasteiger partial charge in [-0.1, -0.05) is 0 Å². The number of hydrogen-bond donors (Lipinski definition) is 4. The number of carboxylic acids is 1. The molecule has 5 N–H and O–H groups in total. The van der Waals surface area contributed by atoms with Crippen molar-refractivity contribution in [3.8, 4) is 0 Å². The number of nitrogens with one attached hydrogen (secondary N) is 2. The molecule has 1 heterocycles. The third-order valence-corrected chi connectivity index (χ3v) is 2.36. The Morgan fingerprint density at radius 3 is 2.57 bits per heavy atom. The molecule has 0 aromatic rings. The van der Waals surface area contributed by atoms with E-state index in [1.54, 1.807) is 0 Å². The van der Waals surface area contributed by atoms with Crippen LogP contribution in [-0.4, -0.2) is 47.6 Å². The van der Waals surface area contributed by atoms with E-state index in [9.17, 15) is 4.79 Å². The molecule has 0 amide bonds. The summed E-state index contributed by atoms with van der Waals surface area (Å²) in [5, 5.41) is 19.1. The Labute approximate surface area is 82.6 Å². The van der Waals surface area contributed by atoms with Crippen molar-refractivity contribution in [1.29, 1.82) is 5.41 Å². The first-order valence-electron chi connectivity index (χ1n) is 4.64. The minimum atomic E-state index is -0.946. The average molecular weight is 200 g/mol. The number of carboxylic acid groups (broad SMARTS) is 1. The van der Waals surface area contributed by atoms with Crippen LogP contribution in [0, 0.1) is 5.41 Å². The van der Waals surface area contributed by atoms with Crippen molar-refractivity contribution in [3.05, 3.63) is 0 Å². The zero-order valence-electron chi connectivity index (χ0n) is 7.99. The lowest BCUT2D eigenvalue weighted by Crippen LogP contribution is -2.50. The summed E-state index contributed by atoms with van der Waals surface area (Å²) in [5.41, 5.74) is 5.34. The van der Waals surface area contributed by atoms with E-state index in [0.29, 0.717) is 0 Å². The largest absolute Gasteiger partial charge is 0.480 e. The van der Waals surface area contributed by atoms with Gasteiger partial charge in [0.1, 0.15) is 6.54 Å². The smallest absolute Gasteiger partial charge is 0.323 e. The van der Waals surface area contributed by atoms with Crippen LogP contribution in [0.15, 0.2) is 0 Å². The average Bonchev–Trinajstić information content (AvgIpc) is 2.15. The van der Waals surface area contributed by atoms with E-state index in [2.05, 4.69) is 5.32 Å². The third kappa shape index (κ3) is 2.88. The highest BCUT2D eigenvalue weighted by molar-refractivity contribution is 5.80. The van der Waals surface area contributed by atoms with Crippen molar-refractivity contribution in [2.24, 2.45) is 5.73 Å². The summed E-state index contributed by atoms with van der Waals surface area (Å²) < 4.78 is 0. The Kier molecular flexibility index (Phi) is 3.70. The van der Waals surface area contributed by atoms with Crippen LogP contribution in [0.25, 0.3) is 0 Å². The minimum absolute atomic E-state index is 0.0878. The van der Waals surface area contributed by atoms with E-state index in [1.165, 1.54) is 4.90 Å². The molecule has 0 spiro atoms. The molecule has 0 bridgehead atoms. The van der Waals surface area contributed by atoms with Crippen LogP contribution in [0.3, 0.4) is 0 Å². The maximum atomic E-state index is 10.5. The van der Waals surface area contributed by atoms with E-state index >= 15 is 0 Å². The van der Waals surface area contributed by atoms with Crippen LogP contribution in [0.4, 0.5) is 0 Å². The number of aliphatic carboxylic acids is 1. The topological polar surface area (TPSA) is 102 Å². The lowest BCUT2D eigenvalue weighted by Gasteiger charge is -2.33. The van der Waals surface area contributed by atoms with E-state index < -0.39 is 5.97 Å². The Morgan fingerprint density at radius 1 is 1.57 bits per heavy atom. The van der Waals surface area contributed by atoms with Crippen molar-refractivity contribution in [2.75, 3.05) is 19.6 Å². The summed E-state index contributed by atoms with van der Waals surface area (Å²) in [7, 11) is 0. The normalized spacial score (nSPS) is 17.7. The minimum Gasteiger partial charge on any atom is -0.480 e. The fraction of sp³-hybridized carbons (Fsp3) is 0.750. The number of nitrogens with zero attached hydrogens (tertiary/aromatic N) is 1. The quantitative estimate of drug-likeness (QED) is 0.346. The second-order valence-corrected chi connectivity index (χ2v) is 3.39. The van der Waals surface area contributed by atoms with Gasteiger partial charge in [-0.25, -0.2) is 0 Å². The summed E-state index contributed by atoms with van der Waals surface area (Å²) >= 11 is 0. The van der Waals surface area contributed by atoms with Gasteiger partial charge in [0.15, 0.2) is 5.96 Å². The van der Waals surface area contributed by atoms with Gasteiger partial charge in [-0.3, -0.25) is 10.2 Å². The number of hydrogen-bond acceptors (Lipinski definition) is 3. The number of rotatable bonds is 3. The van der Waals surface area contributed by atoms with Crippen molar-refractivity contribution in [3.63, 3.8) is 0 Å². The number of nitrogens with two attached hydrogens (primary N) is 1. The number of guanidine groups is 1. The summed E-state index contributed by atoms with van der Waals surface area (Å²) in [6.07, 6.45) is 1.68. The molecular weight excluding hydrogens is 184 g/mol. The summed E-state index contributed by atoms with van der Waals surface area (Å²) in [4.78, 5) is 12.0. The molecule has 1 fully saturated rings. The van der Waals surface area contributed by atoms with Crippen LogP contribution in [-0.2, 0) is 4.79 Å². The van der Waals surface area contributed by atoms with Gasteiger partial charge in [0.2, 0.25) is 0 Å². The first kappa shape index (κ1) is 10.8. The predicted octanol–water partition coefficient (Wildman–Crippen LogP) is -0.982. The highest BCUT2D eigenvalue weighted by Crippen LogP contribution is 2.10. The van der Waals surface area contributed by atoms with E-state index in [1.807, 2.05) is 0 Å². The molecule has 0 unspecified atom stereocenters. The maximum Gasteiger partial charge on any atom is 0.323 e. The molecule has 0 radical (unpaired) electrons. The molecule has 6 heteroatoms. The van der Waals surface area contributed by atoms with Gasteiger partial charge in [-0.05, 0) is 25.9 Å². The summed E-state index contributed by atoms with van der Waals surface area (Å²) in [5.74, 6) is -1.10. The molecule has 1 aliphatic heterocycles. The third-order valence-electron chi connectivity index (χ3n) is 2.36. The molecule has 0 saturated carbocycles. The van der Waals surface area contributed by atoms with Crippen molar-refractivity contribution < 1.29 is 9.90 Å². The number of piperidine rings is 1. The van der Waals surface area contributed by atoms with Gasteiger partial charge >= 0.3 is 5.97 Å². The predicted molar refractivity (Wildman–Crippen MR) is 52.1 cm³/mol. The van der Waals surface area contributed by atoms with Crippen molar-refractivity contribution >= 4 is 11.9 Å². The number of carbonyl (C=O) groups is 1. The van der Waals surface area contributed by atoms with Crippen LogP contribution in [0.1, 0.15) is 12.8 Å². The van der Waals surface area contributed by atoms with Crippen LogP contribution < -0.4 is 11.1 Å². The Hall–Kier alpha value is -1.30. The van der Waals surface area contributed by atoms with Gasteiger partial charge in [0, 0.05) is 6.04 Å². The summed E-state index contributed by atoms with van der Waals surface area (Å²) in [6.45, 7) is 1.53. The van der Waals surface area contributed by atoms with Crippen LogP contribution >= 0.6 is 0 Å². The zero-order chi connectivity index (χ0) is 10.6. The highest BCUT2D eigenvalue weighted by atomic mass is 16.4. The van der Waals surface area contributed by atoms with Gasteiger partial charge in [-0.15, -0.1) is 0 Å². The van der Waals surface area contributed by atoms with Gasteiger partial charge in [-0.2, -0.15) is 0 Å². The first-order valence-corrected chi connectivity index (χ1v) is 4.64. The molecule has 1 rings (SSSR count). The lowest BCUT2D eigenvalue weighted by molar-refractivity contribution is -0.137. The fourth-order valence-electron chi connectivity index (χ4n) is 1.68. The fourth-order valence-corrected chi connectivity index (χ4v) is 1.68. The molecule has 14 heavy (non-hydrogen) atoms. The van der Waals surface area contributed by atoms with Crippen LogP contribution in [0.2, 0.25) is 0 Å². The van der Waals surface area contributed by atoms with Crippen molar-refractivity contribution in [2.45, 2.75) is 18.9 Å². The second kappa shape index (κ2) is 4.80. The molecular formula is C8H16N4O2. The first-order chi connectivity index (χ1) is 6.61. The lowest BCUT2D eigenvalue weighted by atomic mass is 10.1. The standard InChI is InChI=1S/C8H16N4O2/c9-8(10)12(5-7(13)14)6-1-3-11-4-2-6/h6,11H,1-5H2,(H3,9,10)(H,13,14). The molecule has 0 aromatic carbocycles. The Bertz CT molecular complexity index is 225. The molecule has 1 saturated heterocycles. The van der Waals surface area contributed by atoms with E-state index in [-0.39, 0.29) is 18.5 Å². The van der Waals surface area contributed by atoms with E-state index in [4.69, 9.17) is 16.2 Å². The molecule has 0 atom stereocenters. The second-order valence-electron chi connectivity index (χ2n) is 3.39. The molecule has 0 aromatic heterocycles. The molecule has 0 aliphatic carbocycles. The van der Waals surface area contributed by atoms with Gasteiger partial charge in [0.25, 0.3) is 0 Å². The van der Waals surface area contributed by atoms with E-state index in [0.717, 1.165) is 25.9 Å². The van der Waals surface area contributed by atoms with Crippen LogP contribution in [0.5, 0.6) is 0 Å². The van der Waals surface area contributed by atoms with Gasteiger partial charge < -0.3 is 21.1 Å². The monoisotopic (exact) mass is 200 g/mol. The highest BCUT2D eigenvalue weighted by Gasteiger charge is 2.23. The zero-order valence-corrected chi connectivity index (χ0v) is 7.99. The molecule has 80 valence electrons.